The van der Waals surface area contributed by atoms with Crippen LogP contribution >= 0.6 is 0 Å². The lowest BCUT2D eigenvalue weighted by molar-refractivity contribution is -0.140. The predicted octanol–water partition coefficient (Wildman–Crippen LogP) is -0.422. The molecule has 0 radical (unpaired) electrons. The highest BCUT2D eigenvalue weighted by Gasteiger charge is 2.26. The number of sulfonamides is 1. The second-order valence-electron chi connectivity index (χ2n) is 3.97. The van der Waals surface area contributed by atoms with Gasteiger partial charge in [-0.25, -0.2) is 13.1 Å². The van der Waals surface area contributed by atoms with Gasteiger partial charge in [0.2, 0.25) is 10.0 Å². The van der Waals surface area contributed by atoms with Crippen LogP contribution in [0.5, 0.6) is 0 Å². The molecule has 2 N–H and O–H groups in total. The van der Waals surface area contributed by atoms with Gasteiger partial charge >= 0.3 is 11.9 Å². The molecular formula is C9H17NO6S. The van der Waals surface area contributed by atoms with Crippen molar-refractivity contribution in [1.82, 2.24) is 4.72 Å². The lowest BCUT2D eigenvalue weighted by Gasteiger charge is -2.15. The maximum Gasteiger partial charge on any atom is 0.322 e. The van der Waals surface area contributed by atoms with Crippen LogP contribution in [0.1, 0.15) is 20.3 Å². The molecule has 0 rings (SSSR count). The summed E-state index contributed by atoms with van der Waals surface area (Å²) in [6.07, 6.45) is 0.149. The van der Waals surface area contributed by atoms with Crippen LogP contribution in [0.25, 0.3) is 0 Å². The Balaban J connectivity index is 4.64. The van der Waals surface area contributed by atoms with Crippen molar-refractivity contribution in [2.45, 2.75) is 26.3 Å². The zero-order valence-corrected chi connectivity index (χ0v) is 10.8. The van der Waals surface area contributed by atoms with Gasteiger partial charge in [0.15, 0.2) is 5.75 Å². The van der Waals surface area contributed by atoms with Crippen LogP contribution in [-0.4, -0.2) is 44.4 Å². The quantitative estimate of drug-likeness (QED) is 0.606. The normalized spacial score (nSPS) is 13.4. The minimum atomic E-state index is -3.99. The molecule has 17 heavy (non-hydrogen) atoms. The molecular weight excluding hydrogens is 250 g/mol. The Morgan fingerprint density at radius 2 is 1.88 bits per heavy atom. The topological polar surface area (TPSA) is 110 Å². The van der Waals surface area contributed by atoms with Crippen LogP contribution in [0.3, 0.4) is 0 Å². The van der Waals surface area contributed by atoms with Crippen molar-refractivity contribution >= 4 is 22.0 Å². The first-order valence-corrected chi connectivity index (χ1v) is 6.62. The second kappa shape index (κ2) is 6.55. The van der Waals surface area contributed by atoms with Crippen LogP contribution in [0.4, 0.5) is 0 Å². The highest BCUT2D eigenvalue weighted by Crippen LogP contribution is 2.06. The fourth-order valence-electron chi connectivity index (χ4n) is 1.14. The number of ether oxygens (including phenoxy) is 1. The molecule has 0 aliphatic carbocycles. The van der Waals surface area contributed by atoms with Gasteiger partial charge in [-0.05, 0) is 12.3 Å². The molecule has 0 aromatic rings. The first-order chi connectivity index (χ1) is 7.68. The van der Waals surface area contributed by atoms with Crippen molar-refractivity contribution in [3.05, 3.63) is 0 Å². The molecule has 0 bridgehead atoms. The van der Waals surface area contributed by atoms with Crippen molar-refractivity contribution in [2.75, 3.05) is 12.9 Å². The Morgan fingerprint density at radius 3 is 2.24 bits per heavy atom. The Hall–Kier alpha value is -1.15. The van der Waals surface area contributed by atoms with Crippen LogP contribution in [-0.2, 0) is 24.3 Å². The first kappa shape index (κ1) is 15.9. The molecule has 8 heteroatoms. The van der Waals surface area contributed by atoms with E-state index in [1.807, 2.05) is 4.72 Å². The van der Waals surface area contributed by atoms with Gasteiger partial charge in [-0.3, -0.25) is 9.59 Å². The summed E-state index contributed by atoms with van der Waals surface area (Å²) >= 11 is 0. The Labute approximate surface area is 100 Å². The monoisotopic (exact) mass is 267 g/mol. The average Bonchev–Trinajstić information content (AvgIpc) is 2.14. The average molecular weight is 267 g/mol. The van der Waals surface area contributed by atoms with E-state index in [2.05, 4.69) is 4.74 Å². The van der Waals surface area contributed by atoms with Gasteiger partial charge in [-0.15, -0.1) is 0 Å². The molecule has 0 saturated carbocycles. The summed E-state index contributed by atoms with van der Waals surface area (Å²) in [7, 11) is -2.93. The van der Waals surface area contributed by atoms with Crippen molar-refractivity contribution in [2.24, 2.45) is 5.92 Å². The maximum atomic E-state index is 11.4. The van der Waals surface area contributed by atoms with E-state index in [0.717, 1.165) is 7.11 Å². The number of hydrogen-bond acceptors (Lipinski definition) is 5. The number of hydrogen-bond donors (Lipinski definition) is 2. The largest absolute Gasteiger partial charge is 0.480 e. The lowest BCUT2D eigenvalue weighted by Crippen LogP contribution is -2.43. The number of rotatable bonds is 7. The van der Waals surface area contributed by atoms with E-state index in [4.69, 9.17) is 5.11 Å². The Kier molecular flexibility index (Phi) is 6.11. The van der Waals surface area contributed by atoms with Gasteiger partial charge in [0.1, 0.15) is 6.04 Å². The van der Waals surface area contributed by atoms with Gasteiger partial charge in [0.05, 0.1) is 7.11 Å². The molecule has 0 unspecified atom stereocenters. The van der Waals surface area contributed by atoms with E-state index >= 15 is 0 Å². The summed E-state index contributed by atoms with van der Waals surface area (Å²) in [6.45, 7) is 3.54. The lowest BCUT2D eigenvalue weighted by atomic mass is 10.1. The molecule has 0 saturated heterocycles. The fourth-order valence-corrected chi connectivity index (χ4v) is 2.29. The third kappa shape index (κ3) is 6.90. The Bertz CT molecular complexity index is 375. The summed E-state index contributed by atoms with van der Waals surface area (Å²) in [5.41, 5.74) is 0. The highest BCUT2D eigenvalue weighted by atomic mass is 32.2. The zero-order valence-electron chi connectivity index (χ0n) is 9.97. The molecule has 0 aromatic carbocycles. The van der Waals surface area contributed by atoms with E-state index in [1.165, 1.54) is 0 Å². The maximum absolute atomic E-state index is 11.4. The summed E-state index contributed by atoms with van der Waals surface area (Å²) in [5.74, 6) is -3.08. The SMILES string of the molecule is COC(=O)CS(=O)(=O)N[C@@H](CC(C)C)C(=O)O. The first-order valence-electron chi connectivity index (χ1n) is 4.97. The number of carbonyl (C=O) groups is 2. The van der Waals surface area contributed by atoms with Crippen LogP contribution in [0.15, 0.2) is 0 Å². The van der Waals surface area contributed by atoms with E-state index in [1.54, 1.807) is 13.8 Å². The summed E-state index contributed by atoms with van der Waals surface area (Å²) in [6, 6.07) is -1.23. The van der Waals surface area contributed by atoms with Crippen LogP contribution < -0.4 is 4.72 Å². The second-order valence-corrected chi connectivity index (χ2v) is 5.73. The van der Waals surface area contributed by atoms with E-state index < -0.39 is 33.8 Å². The predicted molar refractivity (Wildman–Crippen MR) is 59.8 cm³/mol. The Morgan fingerprint density at radius 1 is 1.35 bits per heavy atom. The third-order valence-corrected chi connectivity index (χ3v) is 3.12. The fraction of sp³-hybridized carbons (Fsp3) is 0.778. The molecule has 0 spiro atoms. The van der Waals surface area contributed by atoms with E-state index in [-0.39, 0.29) is 12.3 Å². The van der Waals surface area contributed by atoms with E-state index in [9.17, 15) is 18.0 Å². The van der Waals surface area contributed by atoms with Crippen molar-refractivity contribution in [3.8, 4) is 0 Å². The zero-order chi connectivity index (χ0) is 13.6. The van der Waals surface area contributed by atoms with Crippen molar-refractivity contribution < 1.29 is 27.9 Å². The van der Waals surface area contributed by atoms with Gasteiger partial charge in [-0.2, -0.15) is 0 Å². The molecule has 0 amide bonds. The van der Waals surface area contributed by atoms with Gasteiger partial charge < -0.3 is 9.84 Å². The molecule has 0 aliphatic rings. The minimum absolute atomic E-state index is 0.0110. The van der Waals surface area contributed by atoms with Gasteiger partial charge in [0.25, 0.3) is 0 Å². The number of carbonyl (C=O) groups excluding carboxylic acids is 1. The molecule has 7 nitrogen and oxygen atoms in total. The van der Waals surface area contributed by atoms with E-state index in [0.29, 0.717) is 0 Å². The summed E-state index contributed by atoms with van der Waals surface area (Å²) in [5, 5.41) is 8.83. The van der Waals surface area contributed by atoms with Crippen LogP contribution in [0, 0.1) is 5.92 Å². The number of nitrogens with one attached hydrogen (secondary N) is 1. The third-order valence-electron chi connectivity index (χ3n) is 1.86. The standard InChI is InChI=1S/C9H17NO6S/c1-6(2)4-7(9(12)13)10-17(14,15)5-8(11)16-3/h6-7,10H,4-5H2,1-3H3,(H,12,13)/t7-/m0/s1. The molecule has 100 valence electrons. The number of carboxylic acids is 1. The van der Waals surface area contributed by atoms with Crippen LogP contribution in [0.2, 0.25) is 0 Å². The number of carboxylic acid groups (broad SMARTS) is 1. The molecule has 0 fully saturated rings. The summed E-state index contributed by atoms with van der Waals surface area (Å²) in [4.78, 5) is 21.6. The van der Waals surface area contributed by atoms with Gasteiger partial charge in [0, 0.05) is 0 Å². The number of methoxy groups -OCH3 is 1. The smallest absolute Gasteiger partial charge is 0.322 e. The van der Waals surface area contributed by atoms with Crippen molar-refractivity contribution in [1.29, 1.82) is 0 Å². The molecule has 0 aromatic heterocycles. The molecule has 0 heterocycles. The molecule has 0 aliphatic heterocycles. The minimum Gasteiger partial charge on any atom is -0.480 e. The van der Waals surface area contributed by atoms with Gasteiger partial charge in [-0.1, -0.05) is 13.8 Å². The highest BCUT2D eigenvalue weighted by molar-refractivity contribution is 7.90. The summed E-state index contributed by atoms with van der Waals surface area (Å²) < 4.78 is 29.0. The van der Waals surface area contributed by atoms with Crippen molar-refractivity contribution in [3.63, 3.8) is 0 Å². The molecule has 1 atom stereocenters. The number of aliphatic carboxylic acids is 1. The number of esters is 1.